The van der Waals surface area contributed by atoms with Crippen LogP contribution in [-0.2, 0) is 4.74 Å². The average Bonchev–Trinajstić information content (AvgIpc) is 2.36. The molecule has 0 heterocycles. The number of benzene rings is 1. The number of rotatable bonds is 7. The second-order valence-corrected chi connectivity index (χ2v) is 5.26. The SMILES string of the molecule is CC(C)COCCCNC(=O)c1cc(S)ccc1F. The van der Waals surface area contributed by atoms with E-state index in [1.165, 1.54) is 18.2 Å². The molecule has 0 aliphatic heterocycles. The van der Waals surface area contributed by atoms with E-state index in [9.17, 15) is 9.18 Å². The first-order valence-corrected chi connectivity index (χ1v) is 6.80. The van der Waals surface area contributed by atoms with Gasteiger partial charge in [-0.3, -0.25) is 4.79 Å². The van der Waals surface area contributed by atoms with Crippen LogP contribution in [0.15, 0.2) is 23.1 Å². The number of hydrogen-bond acceptors (Lipinski definition) is 3. The Hall–Kier alpha value is -1.07. The molecular weight excluding hydrogens is 265 g/mol. The molecule has 1 amide bonds. The van der Waals surface area contributed by atoms with Crippen LogP contribution in [-0.4, -0.2) is 25.7 Å². The number of ether oxygens (including phenoxy) is 1. The topological polar surface area (TPSA) is 38.3 Å². The van der Waals surface area contributed by atoms with E-state index in [1.54, 1.807) is 0 Å². The van der Waals surface area contributed by atoms with E-state index in [0.717, 1.165) is 0 Å². The quantitative estimate of drug-likeness (QED) is 0.597. The van der Waals surface area contributed by atoms with Crippen molar-refractivity contribution in [2.24, 2.45) is 5.92 Å². The molecular formula is C14H20FNO2S. The summed E-state index contributed by atoms with van der Waals surface area (Å²) in [5.74, 6) is -0.453. The summed E-state index contributed by atoms with van der Waals surface area (Å²) >= 11 is 4.09. The lowest BCUT2D eigenvalue weighted by Gasteiger charge is -2.08. The summed E-state index contributed by atoms with van der Waals surface area (Å²) in [6, 6.07) is 4.17. The first-order chi connectivity index (χ1) is 9.00. The lowest BCUT2D eigenvalue weighted by molar-refractivity contribution is 0.0921. The van der Waals surface area contributed by atoms with Crippen molar-refractivity contribution in [2.75, 3.05) is 19.8 Å². The Morgan fingerprint density at radius 1 is 1.47 bits per heavy atom. The van der Waals surface area contributed by atoms with Crippen molar-refractivity contribution in [3.63, 3.8) is 0 Å². The largest absolute Gasteiger partial charge is 0.381 e. The van der Waals surface area contributed by atoms with Gasteiger partial charge in [-0.25, -0.2) is 4.39 Å². The van der Waals surface area contributed by atoms with Gasteiger partial charge in [-0.2, -0.15) is 0 Å². The third kappa shape index (κ3) is 6.07. The molecule has 0 fully saturated rings. The van der Waals surface area contributed by atoms with E-state index >= 15 is 0 Å². The zero-order chi connectivity index (χ0) is 14.3. The standard InChI is InChI=1S/C14H20FNO2S/c1-10(2)9-18-7-3-6-16-14(17)12-8-11(19)4-5-13(12)15/h4-5,8,10,19H,3,6-7,9H2,1-2H3,(H,16,17). The van der Waals surface area contributed by atoms with Gasteiger partial charge in [-0.05, 0) is 30.5 Å². The van der Waals surface area contributed by atoms with Crippen LogP contribution in [0.5, 0.6) is 0 Å². The minimum Gasteiger partial charge on any atom is -0.381 e. The fourth-order valence-corrected chi connectivity index (χ4v) is 1.68. The van der Waals surface area contributed by atoms with Gasteiger partial charge in [0.25, 0.3) is 5.91 Å². The normalized spacial score (nSPS) is 10.8. The summed E-state index contributed by atoms with van der Waals surface area (Å²) in [4.78, 5) is 12.3. The lowest BCUT2D eigenvalue weighted by atomic mass is 10.2. The third-order valence-corrected chi connectivity index (χ3v) is 2.67. The zero-order valence-corrected chi connectivity index (χ0v) is 12.2. The Kier molecular flexibility index (Phi) is 6.87. The molecule has 3 nitrogen and oxygen atoms in total. The van der Waals surface area contributed by atoms with Crippen LogP contribution in [0, 0.1) is 11.7 Å². The van der Waals surface area contributed by atoms with Crippen LogP contribution in [0.2, 0.25) is 0 Å². The van der Waals surface area contributed by atoms with Gasteiger partial charge in [-0.1, -0.05) is 13.8 Å². The van der Waals surface area contributed by atoms with Crippen molar-refractivity contribution in [3.05, 3.63) is 29.6 Å². The van der Waals surface area contributed by atoms with Crippen LogP contribution in [0.4, 0.5) is 4.39 Å². The molecule has 0 spiro atoms. The summed E-state index contributed by atoms with van der Waals surface area (Å²) in [7, 11) is 0. The number of nitrogens with one attached hydrogen (secondary N) is 1. The monoisotopic (exact) mass is 285 g/mol. The Labute approximate surface area is 118 Å². The van der Waals surface area contributed by atoms with Gasteiger partial charge < -0.3 is 10.1 Å². The molecule has 1 aromatic carbocycles. The van der Waals surface area contributed by atoms with Gasteiger partial charge in [0.1, 0.15) is 5.82 Å². The summed E-state index contributed by atoms with van der Waals surface area (Å²) in [5, 5.41) is 2.66. The van der Waals surface area contributed by atoms with Crippen LogP contribution >= 0.6 is 12.6 Å². The highest BCUT2D eigenvalue weighted by molar-refractivity contribution is 7.80. The molecule has 0 saturated carbocycles. The van der Waals surface area contributed by atoms with Crippen molar-refractivity contribution in [1.29, 1.82) is 0 Å². The zero-order valence-electron chi connectivity index (χ0n) is 11.3. The van der Waals surface area contributed by atoms with Crippen LogP contribution < -0.4 is 5.32 Å². The summed E-state index contributed by atoms with van der Waals surface area (Å²) in [6.07, 6.45) is 0.709. The minimum atomic E-state index is -0.536. The molecule has 1 aromatic rings. The summed E-state index contributed by atoms with van der Waals surface area (Å²) < 4.78 is 18.8. The minimum absolute atomic E-state index is 0.0237. The second kappa shape index (κ2) is 8.17. The van der Waals surface area contributed by atoms with E-state index in [0.29, 0.717) is 37.0 Å². The first-order valence-electron chi connectivity index (χ1n) is 6.35. The smallest absolute Gasteiger partial charge is 0.254 e. The van der Waals surface area contributed by atoms with Crippen molar-refractivity contribution in [1.82, 2.24) is 5.32 Å². The highest BCUT2D eigenvalue weighted by Crippen LogP contribution is 2.13. The lowest BCUT2D eigenvalue weighted by Crippen LogP contribution is -2.26. The number of amides is 1. The maximum atomic E-state index is 13.4. The Morgan fingerprint density at radius 2 is 2.21 bits per heavy atom. The number of carbonyl (C=O) groups excluding carboxylic acids is 1. The van der Waals surface area contributed by atoms with Crippen molar-refractivity contribution in [3.8, 4) is 0 Å². The van der Waals surface area contributed by atoms with Crippen molar-refractivity contribution >= 4 is 18.5 Å². The fourth-order valence-electron chi connectivity index (χ4n) is 1.48. The van der Waals surface area contributed by atoms with Crippen LogP contribution in [0.25, 0.3) is 0 Å². The number of thiol groups is 1. The number of carbonyl (C=O) groups is 1. The predicted molar refractivity (Wildman–Crippen MR) is 76.3 cm³/mol. The van der Waals surface area contributed by atoms with Crippen molar-refractivity contribution < 1.29 is 13.9 Å². The molecule has 0 aliphatic rings. The van der Waals surface area contributed by atoms with Gasteiger partial charge in [0, 0.05) is 24.7 Å². The Bertz CT molecular complexity index is 424. The maximum absolute atomic E-state index is 13.4. The van der Waals surface area contributed by atoms with E-state index in [-0.39, 0.29) is 5.56 Å². The molecule has 0 atom stereocenters. The summed E-state index contributed by atoms with van der Waals surface area (Å²) in [5.41, 5.74) is 0.0237. The average molecular weight is 285 g/mol. The number of hydrogen-bond donors (Lipinski definition) is 2. The summed E-state index contributed by atoms with van der Waals surface area (Å²) in [6.45, 7) is 5.93. The molecule has 0 aliphatic carbocycles. The van der Waals surface area contributed by atoms with E-state index < -0.39 is 11.7 Å². The predicted octanol–water partition coefficient (Wildman–Crippen LogP) is 2.91. The fraction of sp³-hybridized carbons (Fsp3) is 0.500. The van der Waals surface area contributed by atoms with Gasteiger partial charge in [0.05, 0.1) is 5.56 Å². The van der Waals surface area contributed by atoms with Gasteiger partial charge in [0.2, 0.25) is 0 Å². The molecule has 5 heteroatoms. The molecule has 1 N–H and O–H groups in total. The molecule has 0 unspecified atom stereocenters. The molecule has 1 rings (SSSR count). The molecule has 19 heavy (non-hydrogen) atoms. The molecule has 106 valence electrons. The molecule has 0 saturated heterocycles. The van der Waals surface area contributed by atoms with Gasteiger partial charge in [0.15, 0.2) is 0 Å². The van der Waals surface area contributed by atoms with E-state index in [1.807, 2.05) is 0 Å². The highest BCUT2D eigenvalue weighted by atomic mass is 32.1. The Morgan fingerprint density at radius 3 is 2.89 bits per heavy atom. The number of halogens is 1. The van der Waals surface area contributed by atoms with Gasteiger partial charge in [-0.15, -0.1) is 12.6 Å². The van der Waals surface area contributed by atoms with Gasteiger partial charge >= 0.3 is 0 Å². The van der Waals surface area contributed by atoms with Crippen molar-refractivity contribution in [2.45, 2.75) is 25.2 Å². The van der Waals surface area contributed by atoms with E-state index in [4.69, 9.17) is 4.74 Å². The molecule has 0 bridgehead atoms. The Balaban J connectivity index is 2.29. The molecule has 0 radical (unpaired) electrons. The first kappa shape index (κ1) is 16.0. The third-order valence-electron chi connectivity index (χ3n) is 2.40. The highest BCUT2D eigenvalue weighted by Gasteiger charge is 2.11. The van der Waals surface area contributed by atoms with E-state index in [2.05, 4.69) is 31.8 Å². The maximum Gasteiger partial charge on any atom is 0.254 e. The van der Waals surface area contributed by atoms with Crippen LogP contribution in [0.3, 0.4) is 0 Å². The van der Waals surface area contributed by atoms with Crippen LogP contribution in [0.1, 0.15) is 30.6 Å². The second-order valence-electron chi connectivity index (χ2n) is 4.74. The molecule has 0 aromatic heterocycles.